The average Bonchev–Trinajstić information content (AvgIpc) is 2.90. The van der Waals surface area contributed by atoms with E-state index in [0.29, 0.717) is 5.69 Å². The van der Waals surface area contributed by atoms with Crippen molar-refractivity contribution in [3.05, 3.63) is 46.7 Å². The molecule has 2 rings (SSSR count). The summed E-state index contributed by atoms with van der Waals surface area (Å²) in [5.41, 5.74) is 7.07. The van der Waals surface area contributed by atoms with Crippen LogP contribution in [0.1, 0.15) is 11.8 Å². The van der Waals surface area contributed by atoms with Crippen LogP contribution >= 0.6 is 11.3 Å². The summed E-state index contributed by atoms with van der Waals surface area (Å²) in [6, 6.07) is 11.1. The number of nitrogens with one attached hydrogen (secondary N) is 1. The van der Waals surface area contributed by atoms with Crippen LogP contribution in [0.5, 0.6) is 0 Å². The molecule has 1 atom stereocenters. The van der Waals surface area contributed by atoms with E-state index in [-0.39, 0.29) is 11.9 Å². The van der Waals surface area contributed by atoms with Gasteiger partial charge in [-0.25, -0.2) is 0 Å². The van der Waals surface area contributed by atoms with Crippen molar-refractivity contribution in [2.45, 2.75) is 19.5 Å². The number of amides is 1. The lowest BCUT2D eigenvalue weighted by Crippen LogP contribution is -2.39. The summed E-state index contributed by atoms with van der Waals surface area (Å²) in [5.74, 6) is -0.0327. The molecule has 0 radical (unpaired) electrons. The fourth-order valence-corrected chi connectivity index (χ4v) is 2.62. The largest absolute Gasteiger partial charge is 0.399 e. The SMILES string of the molecule is CC(C(=O)Nc1cccc(N)c1)N(C)Cc1cccs1. The van der Waals surface area contributed by atoms with Crippen LogP contribution in [0.25, 0.3) is 0 Å². The summed E-state index contributed by atoms with van der Waals surface area (Å²) >= 11 is 1.70. The van der Waals surface area contributed by atoms with Gasteiger partial charge in [0.25, 0.3) is 0 Å². The first kappa shape index (κ1) is 14.6. The Morgan fingerprint density at radius 2 is 2.20 bits per heavy atom. The number of nitrogens with two attached hydrogens (primary N) is 1. The van der Waals surface area contributed by atoms with Crippen molar-refractivity contribution in [1.29, 1.82) is 0 Å². The highest BCUT2D eigenvalue weighted by Crippen LogP contribution is 2.15. The van der Waals surface area contributed by atoms with Gasteiger partial charge in [0.2, 0.25) is 5.91 Å². The molecule has 0 fully saturated rings. The first-order valence-corrected chi connectivity index (χ1v) is 7.33. The number of carbonyl (C=O) groups excluding carboxylic acids is 1. The molecule has 5 heteroatoms. The van der Waals surface area contributed by atoms with E-state index in [1.54, 1.807) is 23.5 Å². The van der Waals surface area contributed by atoms with Gasteiger partial charge in [0.05, 0.1) is 6.04 Å². The smallest absolute Gasteiger partial charge is 0.241 e. The van der Waals surface area contributed by atoms with E-state index >= 15 is 0 Å². The molecule has 3 N–H and O–H groups in total. The summed E-state index contributed by atoms with van der Waals surface area (Å²) < 4.78 is 0. The molecule has 0 aliphatic rings. The molecule has 1 aromatic heterocycles. The number of hydrogen-bond donors (Lipinski definition) is 2. The highest BCUT2D eigenvalue weighted by molar-refractivity contribution is 7.09. The van der Waals surface area contributed by atoms with Crippen molar-refractivity contribution in [2.75, 3.05) is 18.1 Å². The molecule has 20 heavy (non-hydrogen) atoms. The summed E-state index contributed by atoms with van der Waals surface area (Å²) in [6.07, 6.45) is 0. The molecule has 1 aromatic carbocycles. The number of nitrogen functional groups attached to an aromatic ring is 1. The quantitative estimate of drug-likeness (QED) is 0.832. The fourth-order valence-electron chi connectivity index (χ4n) is 1.85. The van der Waals surface area contributed by atoms with Crippen LogP contribution < -0.4 is 11.1 Å². The van der Waals surface area contributed by atoms with Crippen LogP contribution in [0.15, 0.2) is 41.8 Å². The molecule has 0 aliphatic carbocycles. The normalized spacial score (nSPS) is 12.3. The first-order chi connectivity index (χ1) is 9.56. The second kappa shape index (κ2) is 6.54. The Hall–Kier alpha value is -1.85. The topological polar surface area (TPSA) is 58.4 Å². The monoisotopic (exact) mass is 289 g/mol. The summed E-state index contributed by atoms with van der Waals surface area (Å²) in [4.78, 5) is 15.5. The van der Waals surface area contributed by atoms with E-state index in [1.807, 2.05) is 42.5 Å². The molecular formula is C15H19N3OS. The van der Waals surface area contributed by atoms with Gasteiger partial charge in [-0.1, -0.05) is 12.1 Å². The number of carbonyl (C=O) groups is 1. The molecule has 0 aliphatic heterocycles. The maximum absolute atomic E-state index is 12.2. The Balaban J connectivity index is 1.94. The summed E-state index contributed by atoms with van der Waals surface area (Å²) in [6.45, 7) is 2.67. The minimum atomic E-state index is -0.210. The van der Waals surface area contributed by atoms with E-state index in [4.69, 9.17) is 5.73 Å². The molecule has 0 saturated heterocycles. The van der Waals surface area contributed by atoms with Gasteiger partial charge in [-0.2, -0.15) is 0 Å². The Labute approximate surface area is 123 Å². The minimum absolute atomic E-state index is 0.0327. The third-order valence-electron chi connectivity index (χ3n) is 3.18. The molecule has 1 amide bonds. The molecule has 0 spiro atoms. The standard InChI is InChI=1S/C15H19N3OS/c1-11(18(2)10-14-7-4-8-20-14)15(19)17-13-6-3-5-12(16)9-13/h3-9,11H,10,16H2,1-2H3,(H,17,19). The zero-order valence-corrected chi connectivity index (χ0v) is 12.5. The molecule has 2 aromatic rings. The van der Waals surface area contributed by atoms with Crippen molar-refractivity contribution in [3.63, 3.8) is 0 Å². The number of nitrogens with zero attached hydrogens (tertiary/aromatic N) is 1. The van der Waals surface area contributed by atoms with Gasteiger partial charge in [0.1, 0.15) is 0 Å². The zero-order chi connectivity index (χ0) is 14.5. The number of thiophene rings is 1. The lowest BCUT2D eigenvalue weighted by molar-refractivity contribution is -0.120. The minimum Gasteiger partial charge on any atom is -0.399 e. The molecule has 1 unspecified atom stereocenters. The highest BCUT2D eigenvalue weighted by atomic mass is 32.1. The molecule has 0 saturated carbocycles. The van der Waals surface area contributed by atoms with E-state index in [0.717, 1.165) is 12.2 Å². The first-order valence-electron chi connectivity index (χ1n) is 6.45. The Bertz CT molecular complexity index is 568. The average molecular weight is 289 g/mol. The molecular weight excluding hydrogens is 270 g/mol. The van der Waals surface area contributed by atoms with E-state index < -0.39 is 0 Å². The zero-order valence-electron chi connectivity index (χ0n) is 11.7. The van der Waals surface area contributed by atoms with Crippen molar-refractivity contribution in [1.82, 2.24) is 4.90 Å². The van der Waals surface area contributed by atoms with Gasteiger partial charge in [-0.3, -0.25) is 9.69 Å². The van der Waals surface area contributed by atoms with E-state index in [9.17, 15) is 4.79 Å². The second-order valence-electron chi connectivity index (χ2n) is 4.79. The lowest BCUT2D eigenvalue weighted by Gasteiger charge is -2.23. The Morgan fingerprint density at radius 3 is 2.85 bits per heavy atom. The number of anilines is 2. The van der Waals surface area contributed by atoms with Crippen LogP contribution in [0.3, 0.4) is 0 Å². The van der Waals surface area contributed by atoms with E-state index in [1.165, 1.54) is 4.88 Å². The number of hydrogen-bond acceptors (Lipinski definition) is 4. The number of benzene rings is 1. The van der Waals surface area contributed by atoms with Crippen LogP contribution in [-0.2, 0) is 11.3 Å². The third-order valence-corrected chi connectivity index (χ3v) is 4.04. The van der Waals surface area contributed by atoms with Crippen molar-refractivity contribution in [2.24, 2.45) is 0 Å². The van der Waals surface area contributed by atoms with Gasteiger partial charge in [-0.05, 0) is 43.6 Å². The van der Waals surface area contributed by atoms with E-state index in [2.05, 4.69) is 11.4 Å². The van der Waals surface area contributed by atoms with Crippen LogP contribution in [0.2, 0.25) is 0 Å². The lowest BCUT2D eigenvalue weighted by atomic mass is 10.2. The molecule has 106 valence electrons. The van der Waals surface area contributed by atoms with Crippen molar-refractivity contribution >= 4 is 28.6 Å². The Morgan fingerprint density at radius 1 is 1.40 bits per heavy atom. The Kier molecular flexibility index (Phi) is 4.76. The highest BCUT2D eigenvalue weighted by Gasteiger charge is 2.18. The fraction of sp³-hybridized carbons (Fsp3) is 0.267. The number of rotatable bonds is 5. The van der Waals surface area contributed by atoms with Gasteiger partial charge in [-0.15, -0.1) is 11.3 Å². The second-order valence-corrected chi connectivity index (χ2v) is 5.82. The van der Waals surface area contributed by atoms with Gasteiger partial charge in [0, 0.05) is 22.8 Å². The summed E-state index contributed by atoms with van der Waals surface area (Å²) in [7, 11) is 1.95. The van der Waals surface area contributed by atoms with Crippen LogP contribution in [0, 0.1) is 0 Å². The van der Waals surface area contributed by atoms with Crippen molar-refractivity contribution < 1.29 is 4.79 Å². The predicted octanol–water partition coefficient (Wildman–Crippen LogP) is 2.79. The third kappa shape index (κ3) is 3.82. The molecule has 4 nitrogen and oxygen atoms in total. The maximum Gasteiger partial charge on any atom is 0.241 e. The van der Waals surface area contributed by atoms with Crippen molar-refractivity contribution in [3.8, 4) is 0 Å². The van der Waals surface area contributed by atoms with Gasteiger partial charge < -0.3 is 11.1 Å². The van der Waals surface area contributed by atoms with Gasteiger partial charge in [0.15, 0.2) is 0 Å². The maximum atomic E-state index is 12.2. The van der Waals surface area contributed by atoms with Crippen LogP contribution in [0.4, 0.5) is 11.4 Å². The molecule has 1 heterocycles. The van der Waals surface area contributed by atoms with Crippen LogP contribution in [-0.4, -0.2) is 23.9 Å². The van der Waals surface area contributed by atoms with Gasteiger partial charge >= 0.3 is 0 Å². The predicted molar refractivity (Wildman–Crippen MR) is 84.7 cm³/mol. The summed E-state index contributed by atoms with van der Waals surface area (Å²) in [5, 5.41) is 4.93. The number of likely N-dealkylation sites (N-methyl/N-ethyl adjacent to an activating group) is 1. The molecule has 0 bridgehead atoms.